The van der Waals surface area contributed by atoms with Crippen LogP contribution in [0.5, 0.6) is 0 Å². The molecule has 0 aromatic heterocycles. The van der Waals surface area contributed by atoms with Crippen molar-refractivity contribution in [2.24, 2.45) is 5.92 Å². The van der Waals surface area contributed by atoms with E-state index in [1.165, 1.54) is 0 Å². The second-order valence-corrected chi connectivity index (χ2v) is 4.56. The predicted octanol–water partition coefficient (Wildman–Crippen LogP) is 2.13. The van der Waals surface area contributed by atoms with Crippen LogP contribution in [0.15, 0.2) is 0 Å². The normalized spacial score (nSPS) is 29.1. The second-order valence-electron chi connectivity index (χ2n) is 3.02. The van der Waals surface area contributed by atoms with E-state index in [0.717, 1.165) is 19.5 Å². The van der Waals surface area contributed by atoms with Gasteiger partial charge in [-0.3, -0.25) is 0 Å². The van der Waals surface area contributed by atoms with E-state index in [2.05, 4.69) is 18.9 Å². The van der Waals surface area contributed by atoms with Crippen molar-refractivity contribution in [1.82, 2.24) is 4.90 Å². The summed E-state index contributed by atoms with van der Waals surface area (Å²) in [5.74, 6) is 0.501. The molecule has 1 aliphatic rings. The molecular weight excluding hydrogens is 169 g/mol. The van der Waals surface area contributed by atoms with Crippen molar-refractivity contribution in [3.63, 3.8) is 0 Å². The van der Waals surface area contributed by atoms with E-state index in [-0.39, 0.29) is 0 Å². The molecule has 1 unspecified atom stereocenters. The SMILES string of the molecule is CCN(C)CC1CC1(Cl)Cl. The number of alkyl halides is 2. The molecule has 0 saturated heterocycles. The van der Waals surface area contributed by atoms with Gasteiger partial charge < -0.3 is 4.90 Å². The summed E-state index contributed by atoms with van der Waals surface area (Å²) < 4.78 is -0.399. The van der Waals surface area contributed by atoms with Crippen LogP contribution in [0.4, 0.5) is 0 Å². The first-order chi connectivity index (χ1) is 4.56. The molecule has 1 atom stereocenters. The van der Waals surface area contributed by atoms with Gasteiger partial charge in [-0.1, -0.05) is 6.92 Å². The van der Waals surface area contributed by atoms with Crippen molar-refractivity contribution < 1.29 is 0 Å². The summed E-state index contributed by atoms with van der Waals surface area (Å²) in [5, 5.41) is 0. The zero-order valence-corrected chi connectivity index (χ0v) is 7.91. The average Bonchev–Trinajstić information content (AvgIpc) is 2.40. The van der Waals surface area contributed by atoms with Gasteiger partial charge in [-0.25, -0.2) is 0 Å². The van der Waals surface area contributed by atoms with E-state index >= 15 is 0 Å². The van der Waals surface area contributed by atoms with Crippen LogP contribution in [0.3, 0.4) is 0 Å². The van der Waals surface area contributed by atoms with Gasteiger partial charge in [0.2, 0.25) is 0 Å². The van der Waals surface area contributed by atoms with Crippen LogP contribution in [-0.2, 0) is 0 Å². The maximum atomic E-state index is 5.85. The van der Waals surface area contributed by atoms with Crippen molar-refractivity contribution in [2.45, 2.75) is 17.7 Å². The summed E-state index contributed by atoms with van der Waals surface area (Å²) in [6, 6.07) is 0. The number of hydrogen-bond donors (Lipinski definition) is 0. The summed E-state index contributed by atoms with van der Waals surface area (Å²) in [7, 11) is 2.09. The summed E-state index contributed by atoms with van der Waals surface area (Å²) >= 11 is 11.7. The molecule has 1 fully saturated rings. The Balaban J connectivity index is 2.17. The van der Waals surface area contributed by atoms with E-state index in [9.17, 15) is 0 Å². The molecule has 0 aliphatic heterocycles. The molecule has 0 aromatic rings. The molecule has 60 valence electrons. The summed E-state index contributed by atoms with van der Waals surface area (Å²) in [4.78, 5) is 2.23. The van der Waals surface area contributed by atoms with Gasteiger partial charge in [0.15, 0.2) is 0 Å². The Labute approximate surface area is 72.3 Å². The summed E-state index contributed by atoms with van der Waals surface area (Å²) in [6.07, 6.45) is 0.959. The largest absolute Gasteiger partial charge is 0.306 e. The Bertz CT molecular complexity index is 125. The Morgan fingerprint density at radius 2 is 2.10 bits per heavy atom. The highest BCUT2D eigenvalue weighted by Gasteiger charge is 2.51. The third kappa shape index (κ3) is 2.01. The molecule has 1 rings (SSSR count). The third-order valence-electron chi connectivity index (χ3n) is 2.03. The third-order valence-corrected chi connectivity index (χ3v) is 2.95. The molecule has 0 bridgehead atoms. The van der Waals surface area contributed by atoms with Crippen LogP contribution in [0.2, 0.25) is 0 Å². The standard InChI is InChI=1S/C7H13Cl2N/c1-3-10(2)5-6-4-7(6,8)9/h6H,3-5H2,1-2H3. The Kier molecular flexibility index (Phi) is 2.49. The molecule has 0 amide bonds. The van der Waals surface area contributed by atoms with Gasteiger partial charge in [-0.2, -0.15) is 0 Å². The topological polar surface area (TPSA) is 3.24 Å². The molecule has 0 spiro atoms. The zero-order chi connectivity index (χ0) is 7.78. The van der Waals surface area contributed by atoms with E-state index in [0.29, 0.717) is 5.92 Å². The van der Waals surface area contributed by atoms with Gasteiger partial charge in [0.25, 0.3) is 0 Å². The smallest absolute Gasteiger partial charge is 0.122 e. The van der Waals surface area contributed by atoms with Crippen LogP contribution < -0.4 is 0 Å². The molecule has 1 nitrogen and oxygen atoms in total. The lowest BCUT2D eigenvalue weighted by atomic mass is 10.4. The van der Waals surface area contributed by atoms with Crippen LogP contribution >= 0.6 is 23.2 Å². The van der Waals surface area contributed by atoms with E-state index in [1.54, 1.807) is 0 Å². The summed E-state index contributed by atoms with van der Waals surface area (Å²) in [6.45, 7) is 4.23. The molecule has 0 N–H and O–H groups in total. The molecule has 1 saturated carbocycles. The number of nitrogens with zero attached hydrogens (tertiary/aromatic N) is 1. The van der Waals surface area contributed by atoms with Crippen molar-refractivity contribution >= 4 is 23.2 Å². The van der Waals surface area contributed by atoms with Gasteiger partial charge in [-0.05, 0) is 20.0 Å². The number of rotatable bonds is 3. The molecule has 3 heteroatoms. The quantitative estimate of drug-likeness (QED) is 0.604. The lowest BCUT2D eigenvalue weighted by Gasteiger charge is -2.12. The number of hydrogen-bond acceptors (Lipinski definition) is 1. The lowest BCUT2D eigenvalue weighted by molar-refractivity contribution is 0.336. The predicted molar refractivity (Wildman–Crippen MR) is 45.7 cm³/mol. The molecule has 10 heavy (non-hydrogen) atoms. The van der Waals surface area contributed by atoms with Gasteiger partial charge in [0, 0.05) is 12.5 Å². The number of halogens is 2. The fourth-order valence-electron chi connectivity index (χ4n) is 0.973. The maximum Gasteiger partial charge on any atom is 0.122 e. The highest BCUT2D eigenvalue weighted by Crippen LogP contribution is 2.53. The van der Waals surface area contributed by atoms with Crippen LogP contribution in [0, 0.1) is 5.92 Å². The van der Waals surface area contributed by atoms with E-state index in [1.807, 2.05) is 0 Å². The van der Waals surface area contributed by atoms with Crippen LogP contribution in [0.1, 0.15) is 13.3 Å². The molecule has 0 heterocycles. The minimum Gasteiger partial charge on any atom is -0.306 e. The van der Waals surface area contributed by atoms with Gasteiger partial charge >= 0.3 is 0 Å². The monoisotopic (exact) mass is 181 g/mol. The van der Waals surface area contributed by atoms with Crippen molar-refractivity contribution in [2.75, 3.05) is 20.1 Å². The zero-order valence-electron chi connectivity index (χ0n) is 6.40. The van der Waals surface area contributed by atoms with Crippen LogP contribution in [-0.4, -0.2) is 29.4 Å². The average molecular weight is 182 g/mol. The van der Waals surface area contributed by atoms with Gasteiger partial charge in [-0.15, -0.1) is 23.2 Å². The molecule has 1 aliphatic carbocycles. The first-order valence-electron chi connectivity index (χ1n) is 3.62. The minimum absolute atomic E-state index is 0.399. The van der Waals surface area contributed by atoms with Gasteiger partial charge in [0.1, 0.15) is 4.33 Å². The highest BCUT2D eigenvalue weighted by molar-refractivity contribution is 6.50. The Hall–Kier alpha value is 0.540. The van der Waals surface area contributed by atoms with E-state index < -0.39 is 4.33 Å². The highest BCUT2D eigenvalue weighted by atomic mass is 35.5. The second kappa shape index (κ2) is 2.88. The Morgan fingerprint density at radius 3 is 2.40 bits per heavy atom. The Morgan fingerprint density at radius 1 is 1.60 bits per heavy atom. The first-order valence-corrected chi connectivity index (χ1v) is 4.38. The minimum atomic E-state index is -0.399. The summed E-state index contributed by atoms with van der Waals surface area (Å²) in [5.41, 5.74) is 0. The van der Waals surface area contributed by atoms with Gasteiger partial charge in [0.05, 0.1) is 0 Å². The molecule has 0 radical (unpaired) electrons. The van der Waals surface area contributed by atoms with Crippen LogP contribution in [0.25, 0.3) is 0 Å². The van der Waals surface area contributed by atoms with Crippen molar-refractivity contribution in [3.8, 4) is 0 Å². The molecular formula is C7H13Cl2N. The van der Waals surface area contributed by atoms with Crippen molar-refractivity contribution in [3.05, 3.63) is 0 Å². The fraction of sp³-hybridized carbons (Fsp3) is 1.00. The van der Waals surface area contributed by atoms with Crippen molar-refractivity contribution in [1.29, 1.82) is 0 Å². The maximum absolute atomic E-state index is 5.85. The lowest BCUT2D eigenvalue weighted by Crippen LogP contribution is -2.21. The molecule has 0 aromatic carbocycles. The first kappa shape index (κ1) is 8.63. The fourth-order valence-corrected chi connectivity index (χ4v) is 1.48. The van der Waals surface area contributed by atoms with E-state index in [4.69, 9.17) is 23.2 Å².